The number of nitrogens with one attached hydrogen (secondary N) is 1. The van der Waals surface area contributed by atoms with Gasteiger partial charge in [-0.15, -0.1) is 0 Å². The molecule has 132 valence electrons. The van der Waals surface area contributed by atoms with E-state index in [0.29, 0.717) is 6.54 Å². The first kappa shape index (κ1) is 15.8. The second-order valence-corrected chi connectivity index (χ2v) is 6.67. The molecule has 0 unspecified atom stereocenters. The molecule has 2 N–H and O–H groups in total. The molecule has 7 heteroatoms. The van der Waals surface area contributed by atoms with E-state index in [0.717, 1.165) is 61.4 Å². The van der Waals surface area contributed by atoms with E-state index in [2.05, 4.69) is 14.9 Å². The summed E-state index contributed by atoms with van der Waals surface area (Å²) < 4.78 is 3.21. The maximum atomic E-state index is 12.3. The topological polar surface area (TPSA) is 79.1 Å². The highest BCUT2D eigenvalue weighted by molar-refractivity contribution is 5.77. The standard InChI is InChI=1S/C18H23N5O2/c1-21(17-19-13-7-2-3-8-14(13)20-17)10-4-5-11-23-16(24)15-9-6-12-22(15)18(23)25/h2-3,7-8,24H,4-6,9-12H2,1H3,(H,19,20). The van der Waals surface area contributed by atoms with Crippen molar-refractivity contribution >= 4 is 17.0 Å². The highest BCUT2D eigenvalue weighted by Gasteiger charge is 2.22. The molecule has 0 spiro atoms. The lowest BCUT2D eigenvalue weighted by molar-refractivity contribution is 0.401. The van der Waals surface area contributed by atoms with Crippen LogP contribution in [-0.2, 0) is 19.5 Å². The number of aromatic nitrogens is 4. The van der Waals surface area contributed by atoms with Gasteiger partial charge in [0.25, 0.3) is 0 Å². The van der Waals surface area contributed by atoms with Gasteiger partial charge in [-0.25, -0.2) is 9.78 Å². The van der Waals surface area contributed by atoms with Gasteiger partial charge >= 0.3 is 5.69 Å². The van der Waals surface area contributed by atoms with Crippen LogP contribution in [-0.4, -0.2) is 37.8 Å². The molecular weight excluding hydrogens is 318 g/mol. The number of hydrogen-bond acceptors (Lipinski definition) is 4. The predicted molar refractivity (Wildman–Crippen MR) is 97.3 cm³/mol. The van der Waals surface area contributed by atoms with E-state index in [1.165, 1.54) is 4.57 Å². The van der Waals surface area contributed by atoms with E-state index < -0.39 is 0 Å². The van der Waals surface area contributed by atoms with Crippen molar-refractivity contribution in [3.63, 3.8) is 0 Å². The largest absolute Gasteiger partial charge is 0.493 e. The van der Waals surface area contributed by atoms with Crippen molar-refractivity contribution in [3.05, 3.63) is 40.4 Å². The molecule has 2 aromatic heterocycles. The zero-order chi connectivity index (χ0) is 17.4. The highest BCUT2D eigenvalue weighted by Crippen LogP contribution is 2.23. The van der Waals surface area contributed by atoms with Crippen molar-refractivity contribution in [1.82, 2.24) is 19.1 Å². The Kier molecular flexibility index (Phi) is 3.99. The van der Waals surface area contributed by atoms with Crippen LogP contribution in [0.5, 0.6) is 5.88 Å². The lowest BCUT2D eigenvalue weighted by Crippen LogP contribution is -2.24. The first-order chi connectivity index (χ1) is 12.1. The molecule has 0 saturated heterocycles. The van der Waals surface area contributed by atoms with E-state index in [9.17, 15) is 9.90 Å². The molecule has 4 rings (SSSR count). The van der Waals surface area contributed by atoms with Crippen LogP contribution in [0, 0.1) is 0 Å². The lowest BCUT2D eigenvalue weighted by atomic mass is 10.3. The normalized spacial score (nSPS) is 13.5. The quantitative estimate of drug-likeness (QED) is 0.673. The molecule has 0 radical (unpaired) electrons. The first-order valence-corrected chi connectivity index (χ1v) is 8.82. The number of para-hydroxylation sites is 2. The highest BCUT2D eigenvalue weighted by atomic mass is 16.3. The smallest absolute Gasteiger partial charge is 0.331 e. The van der Waals surface area contributed by atoms with E-state index in [1.807, 2.05) is 31.3 Å². The number of rotatable bonds is 6. The zero-order valence-electron chi connectivity index (χ0n) is 14.4. The Bertz CT molecular complexity index is 919. The molecule has 25 heavy (non-hydrogen) atoms. The summed E-state index contributed by atoms with van der Waals surface area (Å²) in [5, 5.41) is 10.2. The van der Waals surface area contributed by atoms with Crippen LogP contribution in [0.1, 0.15) is 25.0 Å². The van der Waals surface area contributed by atoms with Gasteiger partial charge in [-0.05, 0) is 37.8 Å². The van der Waals surface area contributed by atoms with Crippen LogP contribution < -0.4 is 10.6 Å². The Morgan fingerprint density at radius 2 is 2.16 bits per heavy atom. The van der Waals surface area contributed by atoms with Crippen molar-refractivity contribution in [2.45, 2.75) is 38.8 Å². The number of hydrogen-bond donors (Lipinski definition) is 2. The molecule has 1 aromatic carbocycles. The van der Waals surface area contributed by atoms with E-state index in [-0.39, 0.29) is 11.6 Å². The molecular formula is C18H23N5O2. The van der Waals surface area contributed by atoms with Gasteiger partial charge in [0, 0.05) is 26.7 Å². The maximum Gasteiger partial charge on any atom is 0.331 e. The molecule has 0 atom stereocenters. The van der Waals surface area contributed by atoms with Crippen LogP contribution in [0.4, 0.5) is 5.95 Å². The van der Waals surface area contributed by atoms with E-state index >= 15 is 0 Å². The molecule has 1 aliphatic rings. The monoisotopic (exact) mass is 341 g/mol. The molecule has 0 amide bonds. The van der Waals surface area contributed by atoms with Crippen molar-refractivity contribution in [3.8, 4) is 5.88 Å². The fourth-order valence-corrected chi connectivity index (χ4v) is 3.56. The third kappa shape index (κ3) is 2.79. The summed E-state index contributed by atoms with van der Waals surface area (Å²) in [6.07, 6.45) is 3.49. The minimum atomic E-state index is -0.0735. The minimum Gasteiger partial charge on any atom is -0.493 e. The number of aromatic amines is 1. The first-order valence-electron chi connectivity index (χ1n) is 8.82. The van der Waals surface area contributed by atoms with Crippen molar-refractivity contribution in [2.75, 3.05) is 18.5 Å². The third-order valence-electron chi connectivity index (χ3n) is 4.96. The minimum absolute atomic E-state index is 0.0735. The molecule has 0 saturated carbocycles. The van der Waals surface area contributed by atoms with Crippen LogP contribution in [0.15, 0.2) is 29.1 Å². The van der Waals surface area contributed by atoms with Gasteiger partial charge < -0.3 is 15.0 Å². The summed E-state index contributed by atoms with van der Waals surface area (Å²) in [7, 11) is 2.01. The Balaban J connectivity index is 1.34. The summed E-state index contributed by atoms with van der Waals surface area (Å²) in [5.41, 5.74) is 2.72. The second kappa shape index (κ2) is 6.31. The van der Waals surface area contributed by atoms with Crippen LogP contribution in [0.3, 0.4) is 0 Å². The number of aromatic hydroxyl groups is 1. The van der Waals surface area contributed by atoms with Crippen LogP contribution in [0.25, 0.3) is 11.0 Å². The molecule has 1 aliphatic heterocycles. The number of H-pyrrole nitrogens is 1. The summed E-state index contributed by atoms with van der Waals surface area (Å²) in [4.78, 5) is 22.3. The summed E-state index contributed by atoms with van der Waals surface area (Å²) in [5.74, 6) is 1.01. The summed E-state index contributed by atoms with van der Waals surface area (Å²) in [6, 6.07) is 7.97. The average Bonchev–Trinajstić information content (AvgIpc) is 3.31. The van der Waals surface area contributed by atoms with Crippen LogP contribution >= 0.6 is 0 Å². The van der Waals surface area contributed by atoms with Gasteiger partial charge in [0.1, 0.15) is 0 Å². The molecule has 3 aromatic rings. The van der Waals surface area contributed by atoms with Gasteiger partial charge in [0.05, 0.1) is 16.7 Å². The van der Waals surface area contributed by atoms with Crippen LogP contribution in [0.2, 0.25) is 0 Å². The number of nitrogens with zero attached hydrogens (tertiary/aromatic N) is 4. The van der Waals surface area contributed by atoms with Gasteiger partial charge in [-0.3, -0.25) is 9.13 Å². The molecule has 3 heterocycles. The fraction of sp³-hybridized carbons (Fsp3) is 0.444. The van der Waals surface area contributed by atoms with Gasteiger partial charge in [0.2, 0.25) is 11.8 Å². The SMILES string of the molecule is CN(CCCCn1c(O)c2n(c1=O)CCC2)c1nc2ccccc2[nH]1. The average molecular weight is 341 g/mol. The van der Waals surface area contributed by atoms with Gasteiger partial charge in [0.15, 0.2) is 0 Å². The number of unbranched alkanes of at least 4 members (excludes halogenated alkanes) is 1. The number of imidazole rings is 2. The maximum absolute atomic E-state index is 12.3. The summed E-state index contributed by atoms with van der Waals surface area (Å²) >= 11 is 0. The molecule has 0 bridgehead atoms. The van der Waals surface area contributed by atoms with Crippen molar-refractivity contribution < 1.29 is 5.11 Å². The van der Waals surface area contributed by atoms with E-state index in [4.69, 9.17) is 0 Å². The number of anilines is 1. The van der Waals surface area contributed by atoms with Crippen molar-refractivity contribution in [2.24, 2.45) is 0 Å². The lowest BCUT2D eigenvalue weighted by Gasteiger charge is -2.15. The molecule has 0 aliphatic carbocycles. The Hall–Kier alpha value is -2.70. The molecule has 0 fully saturated rings. The Labute approximate surface area is 145 Å². The van der Waals surface area contributed by atoms with Gasteiger partial charge in [-0.2, -0.15) is 0 Å². The second-order valence-electron chi connectivity index (χ2n) is 6.67. The van der Waals surface area contributed by atoms with E-state index in [1.54, 1.807) is 4.57 Å². The number of benzene rings is 1. The number of fused-ring (bicyclic) bond motifs is 2. The zero-order valence-corrected chi connectivity index (χ0v) is 14.4. The third-order valence-corrected chi connectivity index (χ3v) is 4.96. The van der Waals surface area contributed by atoms with Gasteiger partial charge in [-0.1, -0.05) is 12.1 Å². The Morgan fingerprint density at radius 1 is 1.32 bits per heavy atom. The fourth-order valence-electron chi connectivity index (χ4n) is 3.56. The molecule has 7 nitrogen and oxygen atoms in total. The predicted octanol–water partition coefficient (Wildman–Crippen LogP) is 2.09. The summed E-state index contributed by atoms with van der Waals surface area (Å²) in [6.45, 7) is 2.12. The van der Waals surface area contributed by atoms with Crippen molar-refractivity contribution in [1.29, 1.82) is 0 Å². The Morgan fingerprint density at radius 3 is 2.96 bits per heavy atom.